The maximum atomic E-state index is 11.9. The van der Waals surface area contributed by atoms with Gasteiger partial charge in [-0.3, -0.25) is 0 Å². The fourth-order valence-electron chi connectivity index (χ4n) is 2.17. The fraction of sp³-hybridized carbons (Fsp3) is 0.167. The van der Waals surface area contributed by atoms with Gasteiger partial charge < -0.3 is 4.74 Å². The second kappa shape index (κ2) is 6.32. The first-order chi connectivity index (χ1) is 11.2. The third-order valence-electron chi connectivity index (χ3n) is 3.24. The van der Waals surface area contributed by atoms with Crippen molar-refractivity contribution in [3.63, 3.8) is 0 Å². The predicted molar refractivity (Wildman–Crippen MR) is 86.1 cm³/mol. The summed E-state index contributed by atoms with van der Waals surface area (Å²) in [5.41, 5.74) is 3.53. The van der Waals surface area contributed by atoms with Crippen LogP contribution in [0, 0.1) is 18.8 Å². The minimum absolute atomic E-state index is 0.328. The van der Waals surface area contributed by atoms with E-state index in [1.807, 2.05) is 37.3 Å². The van der Waals surface area contributed by atoms with E-state index in [4.69, 9.17) is 4.74 Å². The predicted octanol–water partition coefficient (Wildman–Crippen LogP) is 2.61. The number of fused-ring (bicyclic) bond motifs is 1. The van der Waals surface area contributed by atoms with E-state index >= 15 is 0 Å². The van der Waals surface area contributed by atoms with Gasteiger partial charge in [0.25, 0.3) is 0 Å². The van der Waals surface area contributed by atoms with Gasteiger partial charge >= 0.3 is 5.97 Å². The molecule has 0 aliphatic heterocycles. The van der Waals surface area contributed by atoms with Gasteiger partial charge in [-0.15, -0.1) is 0 Å². The summed E-state index contributed by atoms with van der Waals surface area (Å²) >= 11 is 0. The van der Waals surface area contributed by atoms with Gasteiger partial charge in [-0.25, -0.2) is 14.3 Å². The average molecular weight is 305 g/mol. The molecule has 0 bridgehead atoms. The zero-order valence-corrected chi connectivity index (χ0v) is 12.9. The average Bonchev–Trinajstić information content (AvgIpc) is 2.96. The van der Waals surface area contributed by atoms with Crippen molar-refractivity contribution in [2.75, 3.05) is 6.61 Å². The Morgan fingerprint density at radius 3 is 2.96 bits per heavy atom. The maximum absolute atomic E-state index is 11.9. The Morgan fingerprint density at radius 2 is 2.17 bits per heavy atom. The summed E-state index contributed by atoms with van der Waals surface area (Å²) in [6.45, 7) is 4.03. The lowest BCUT2D eigenvalue weighted by Gasteiger charge is -2.00. The number of esters is 1. The molecule has 0 N–H and O–H groups in total. The van der Waals surface area contributed by atoms with E-state index in [1.165, 1.54) is 6.20 Å². The summed E-state index contributed by atoms with van der Waals surface area (Å²) in [4.78, 5) is 16.3. The Bertz CT molecular complexity index is 932. The summed E-state index contributed by atoms with van der Waals surface area (Å²) in [6.07, 6.45) is 3.28. The summed E-state index contributed by atoms with van der Waals surface area (Å²) in [5.74, 6) is 5.71. The molecule has 0 aliphatic rings. The van der Waals surface area contributed by atoms with Crippen LogP contribution < -0.4 is 0 Å². The van der Waals surface area contributed by atoms with Crippen LogP contribution in [-0.2, 0) is 4.74 Å². The zero-order chi connectivity index (χ0) is 16.2. The number of carbonyl (C=O) groups is 1. The molecule has 0 saturated carbocycles. The van der Waals surface area contributed by atoms with Gasteiger partial charge in [-0.2, -0.15) is 5.10 Å². The maximum Gasteiger partial charge on any atom is 0.341 e. The van der Waals surface area contributed by atoms with Crippen LogP contribution in [0.5, 0.6) is 0 Å². The van der Waals surface area contributed by atoms with E-state index in [1.54, 1.807) is 17.6 Å². The highest BCUT2D eigenvalue weighted by Crippen LogP contribution is 2.13. The van der Waals surface area contributed by atoms with Crippen molar-refractivity contribution in [1.29, 1.82) is 0 Å². The van der Waals surface area contributed by atoms with Gasteiger partial charge in [0, 0.05) is 17.5 Å². The summed E-state index contributed by atoms with van der Waals surface area (Å²) in [7, 11) is 0. The Kier molecular flexibility index (Phi) is 4.07. The second-order valence-electron chi connectivity index (χ2n) is 4.94. The lowest BCUT2D eigenvalue weighted by molar-refractivity contribution is 0.0528. The first-order valence-electron chi connectivity index (χ1n) is 7.27. The molecule has 5 nitrogen and oxygen atoms in total. The molecular weight excluding hydrogens is 290 g/mol. The molecule has 3 heterocycles. The van der Waals surface area contributed by atoms with Crippen LogP contribution in [0.4, 0.5) is 0 Å². The molecule has 3 aromatic heterocycles. The first kappa shape index (κ1) is 14.8. The smallest absolute Gasteiger partial charge is 0.341 e. The highest BCUT2D eigenvalue weighted by Gasteiger charge is 2.13. The topological polar surface area (TPSA) is 56.5 Å². The number of pyridine rings is 2. The molecule has 0 spiro atoms. The van der Waals surface area contributed by atoms with Crippen molar-refractivity contribution in [2.45, 2.75) is 13.8 Å². The first-order valence-corrected chi connectivity index (χ1v) is 7.27. The quantitative estimate of drug-likeness (QED) is 0.539. The molecule has 0 aromatic carbocycles. The summed E-state index contributed by atoms with van der Waals surface area (Å²) < 4.78 is 6.67. The Morgan fingerprint density at radius 1 is 1.30 bits per heavy atom. The fourth-order valence-corrected chi connectivity index (χ4v) is 2.17. The minimum Gasteiger partial charge on any atom is -0.462 e. The number of hydrogen-bond acceptors (Lipinski definition) is 4. The van der Waals surface area contributed by atoms with Crippen LogP contribution in [0.15, 0.2) is 42.7 Å². The van der Waals surface area contributed by atoms with Crippen LogP contribution in [0.2, 0.25) is 0 Å². The molecule has 0 amide bonds. The molecule has 3 rings (SSSR count). The molecule has 3 aromatic rings. The van der Waals surface area contributed by atoms with Crippen molar-refractivity contribution in [3.05, 3.63) is 65.2 Å². The van der Waals surface area contributed by atoms with Gasteiger partial charge in [0.15, 0.2) is 0 Å². The lowest BCUT2D eigenvalue weighted by Crippen LogP contribution is -2.04. The molecule has 0 saturated heterocycles. The standard InChI is InChI=1S/C18H15N3O2/c1-3-23-18(22)16-12-19-21-10-9-14(11-17(16)21)7-8-15-6-4-5-13(2)20-15/h4-6,9-12H,3H2,1-2H3. The van der Waals surface area contributed by atoms with Gasteiger partial charge in [0.2, 0.25) is 0 Å². The highest BCUT2D eigenvalue weighted by molar-refractivity contribution is 5.96. The van der Waals surface area contributed by atoms with Crippen molar-refractivity contribution >= 4 is 11.5 Å². The van der Waals surface area contributed by atoms with E-state index in [-0.39, 0.29) is 5.97 Å². The van der Waals surface area contributed by atoms with Gasteiger partial charge in [-0.05, 0) is 44.0 Å². The summed E-state index contributed by atoms with van der Waals surface area (Å²) in [5, 5.41) is 4.15. The van der Waals surface area contributed by atoms with Crippen molar-refractivity contribution < 1.29 is 9.53 Å². The number of nitrogens with zero attached hydrogens (tertiary/aromatic N) is 3. The molecule has 0 unspecified atom stereocenters. The molecule has 0 atom stereocenters. The van der Waals surface area contributed by atoms with Crippen LogP contribution in [0.3, 0.4) is 0 Å². The van der Waals surface area contributed by atoms with Gasteiger partial charge in [0.1, 0.15) is 11.3 Å². The second-order valence-corrected chi connectivity index (χ2v) is 4.94. The van der Waals surface area contributed by atoms with E-state index in [0.717, 1.165) is 11.3 Å². The number of hydrogen-bond donors (Lipinski definition) is 0. The SMILES string of the molecule is CCOC(=O)c1cnn2ccc(C#Cc3cccc(C)n3)cc12. The molecule has 0 fully saturated rings. The number of aromatic nitrogens is 3. The van der Waals surface area contributed by atoms with Crippen LogP contribution in [0.1, 0.15) is 34.2 Å². The highest BCUT2D eigenvalue weighted by atomic mass is 16.5. The van der Waals surface area contributed by atoms with Crippen molar-refractivity contribution in [1.82, 2.24) is 14.6 Å². The van der Waals surface area contributed by atoms with Crippen LogP contribution in [0.25, 0.3) is 5.52 Å². The van der Waals surface area contributed by atoms with Crippen LogP contribution in [-0.4, -0.2) is 27.2 Å². The lowest BCUT2D eigenvalue weighted by atomic mass is 10.2. The number of rotatable bonds is 2. The number of carbonyl (C=O) groups excluding carboxylic acids is 1. The summed E-state index contributed by atoms with van der Waals surface area (Å²) in [6, 6.07) is 9.38. The van der Waals surface area contributed by atoms with E-state index < -0.39 is 0 Å². The van der Waals surface area contributed by atoms with E-state index in [9.17, 15) is 4.79 Å². The monoisotopic (exact) mass is 305 g/mol. The Balaban J connectivity index is 1.97. The van der Waals surface area contributed by atoms with Gasteiger partial charge in [0.05, 0.1) is 18.3 Å². The molecule has 0 aliphatic carbocycles. The molecule has 5 heteroatoms. The van der Waals surface area contributed by atoms with Crippen LogP contribution >= 0.6 is 0 Å². The number of ether oxygens (including phenoxy) is 1. The Hall–Kier alpha value is -3.13. The minimum atomic E-state index is -0.382. The molecule has 23 heavy (non-hydrogen) atoms. The molecule has 114 valence electrons. The third kappa shape index (κ3) is 3.22. The molecular formula is C18H15N3O2. The van der Waals surface area contributed by atoms with E-state index in [0.29, 0.717) is 23.4 Å². The van der Waals surface area contributed by atoms with E-state index in [2.05, 4.69) is 21.9 Å². The normalized spacial score (nSPS) is 10.2. The van der Waals surface area contributed by atoms with Crippen molar-refractivity contribution in [3.8, 4) is 11.8 Å². The Labute approximate surface area is 133 Å². The van der Waals surface area contributed by atoms with Gasteiger partial charge in [-0.1, -0.05) is 12.0 Å². The number of aryl methyl sites for hydroxylation is 1. The van der Waals surface area contributed by atoms with Crippen molar-refractivity contribution in [2.24, 2.45) is 0 Å². The molecule has 0 radical (unpaired) electrons. The third-order valence-corrected chi connectivity index (χ3v) is 3.24. The zero-order valence-electron chi connectivity index (χ0n) is 12.9. The largest absolute Gasteiger partial charge is 0.462 e.